The van der Waals surface area contributed by atoms with Crippen molar-refractivity contribution in [3.63, 3.8) is 0 Å². The van der Waals surface area contributed by atoms with Gasteiger partial charge in [0, 0.05) is 18.0 Å². The summed E-state index contributed by atoms with van der Waals surface area (Å²) in [6, 6.07) is 4.96. The third kappa shape index (κ3) is 9.01. The van der Waals surface area contributed by atoms with Crippen LogP contribution in [0.1, 0.15) is 80.6 Å². The van der Waals surface area contributed by atoms with Crippen molar-refractivity contribution in [2.45, 2.75) is 116 Å². The number of benzene rings is 1. The Hall–Kier alpha value is -4.18. The zero-order valence-electron chi connectivity index (χ0n) is 30.4. The maximum absolute atomic E-state index is 14.4. The fourth-order valence-electron chi connectivity index (χ4n) is 6.31. The van der Waals surface area contributed by atoms with Gasteiger partial charge in [-0.25, -0.2) is 14.5 Å². The highest BCUT2D eigenvalue weighted by Gasteiger charge is 2.62. The number of hydrogen-bond donors (Lipinski definition) is 3. The molecule has 16 heteroatoms. The van der Waals surface area contributed by atoms with Crippen molar-refractivity contribution in [2.75, 3.05) is 13.7 Å². The minimum Gasteiger partial charge on any atom is -0.497 e. The second kappa shape index (κ2) is 14.1. The predicted octanol–water partition coefficient (Wildman–Crippen LogP) is 3.36. The summed E-state index contributed by atoms with van der Waals surface area (Å²) < 4.78 is 49.2. The van der Waals surface area contributed by atoms with Crippen LogP contribution in [0.2, 0.25) is 0 Å². The van der Waals surface area contributed by atoms with E-state index in [0.29, 0.717) is 30.4 Å². The Kier molecular flexibility index (Phi) is 10.5. The molecule has 5 rings (SSSR count). The zero-order chi connectivity index (χ0) is 37.5. The molecule has 1 unspecified atom stereocenters. The summed E-state index contributed by atoms with van der Waals surface area (Å²) in [6.07, 6.45) is 1.45. The van der Waals surface area contributed by atoms with Gasteiger partial charge in [-0.2, -0.15) is 8.42 Å². The van der Waals surface area contributed by atoms with Crippen LogP contribution in [0.5, 0.6) is 11.6 Å². The number of nitrogens with zero attached hydrogens (tertiary/aromatic N) is 2. The van der Waals surface area contributed by atoms with Gasteiger partial charge in [0.25, 0.3) is 5.91 Å². The zero-order valence-corrected chi connectivity index (χ0v) is 31.2. The van der Waals surface area contributed by atoms with Crippen molar-refractivity contribution in [1.82, 2.24) is 25.2 Å². The van der Waals surface area contributed by atoms with Gasteiger partial charge >= 0.3 is 16.4 Å². The van der Waals surface area contributed by atoms with Gasteiger partial charge in [0.05, 0.1) is 19.8 Å². The van der Waals surface area contributed by atoms with Gasteiger partial charge in [0.2, 0.25) is 17.7 Å². The van der Waals surface area contributed by atoms with E-state index in [1.54, 1.807) is 67.0 Å². The molecule has 4 amide bonds. The Bertz CT molecular complexity index is 1780. The smallest absolute Gasteiger partial charge is 0.408 e. The number of likely N-dealkylation sites (tertiary alicyclic amines) is 1. The first-order valence-corrected chi connectivity index (χ1v) is 18.6. The van der Waals surface area contributed by atoms with Gasteiger partial charge in [-0.15, -0.1) is 0 Å². The lowest BCUT2D eigenvalue weighted by Crippen LogP contribution is -2.60. The van der Waals surface area contributed by atoms with Crippen LogP contribution in [0, 0.1) is 11.3 Å². The van der Waals surface area contributed by atoms with E-state index >= 15 is 0 Å². The van der Waals surface area contributed by atoms with Crippen molar-refractivity contribution >= 4 is 44.9 Å². The second-order valence-corrected chi connectivity index (χ2v) is 16.9. The average Bonchev–Trinajstić information content (AvgIpc) is 3.94. The Labute approximate surface area is 298 Å². The second-order valence-electron chi connectivity index (χ2n) is 15.6. The molecule has 3 N–H and O–H groups in total. The molecule has 15 nitrogen and oxygen atoms in total. The van der Waals surface area contributed by atoms with E-state index in [1.807, 2.05) is 23.8 Å². The maximum atomic E-state index is 14.4. The molecule has 51 heavy (non-hydrogen) atoms. The van der Waals surface area contributed by atoms with E-state index in [-0.39, 0.29) is 31.2 Å². The first-order valence-electron chi connectivity index (χ1n) is 17.2. The maximum Gasteiger partial charge on any atom is 0.408 e. The van der Waals surface area contributed by atoms with Gasteiger partial charge in [-0.1, -0.05) is 34.1 Å². The third-order valence-corrected chi connectivity index (χ3v) is 10.2. The monoisotopic (exact) mass is 731 g/mol. The van der Waals surface area contributed by atoms with E-state index in [4.69, 9.17) is 18.4 Å². The number of nitrogens with one attached hydrogen (secondary N) is 3. The fraction of sp³-hybridized carbons (Fsp3) is 0.629. The number of pyridine rings is 1. The number of fused-ring (bicyclic) bond motifs is 1. The molecule has 1 aromatic heterocycles. The van der Waals surface area contributed by atoms with Crippen molar-refractivity contribution in [2.24, 2.45) is 11.3 Å². The molecule has 2 heterocycles. The number of aromatic nitrogens is 1. The van der Waals surface area contributed by atoms with Crippen molar-refractivity contribution in [3.8, 4) is 11.6 Å². The van der Waals surface area contributed by atoms with Gasteiger partial charge in [-0.05, 0) is 81.0 Å². The van der Waals surface area contributed by atoms with Crippen LogP contribution in [0.15, 0.2) is 30.5 Å². The van der Waals surface area contributed by atoms with Gasteiger partial charge < -0.3 is 29.7 Å². The number of alkyl carbamates (subject to hydrolysis) is 1. The summed E-state index contributed by atoms with van der Waals surface area (Å²) >= 11 is 0. The Balaban J connectivity index is 1.43. The van der Waals surface area contributed by atoms with Gasteiger partial charge in [0.15, 0.2) is 0 Å². The number of ether oxygens (including phenoxy) is 3. The number of carbonyl (C=O) groups is 4. The van der Waals surface area contributed by atoms with Crippen LogP contribution in [-0.4, -0.2) is 91.2 Å². The summed E-state index contributed by atoms with van der Waals surface area (Å²) in [6.45, 7) is 12.2. The van der Waals surface area contributed by atoms with Crippen LogP contribution >= 0.6 is 0 Å². The molecule has 3 aliphatic rings. The Morgan fingerprint density at radius 3 is 2.35 bits per heavy atom. The number of hydrogen-bond acceptors (Lipinski definition) is 11. The number of methoxy groups -OCH3 is 1. The van der Waals surface area contributed by atoms with Gasteiger partial charge in [0.1, 0.15) is 35.1 Å². The van der Waals surface area contributed by atoms with Crippen LogP contribution < -0.4 is 24.8 Å². The van der Waals surface area contributed by atoms with Gasteiger partial charge in [-0.3, -0.25) is 18.6 Å². The minimum absolute atomic E-state index is 0.0205. The summed E-state index contributed by atoms with van der Waals surface area (Å²) in [5.74, 6) is -1.53. The Morgan fingerprint density at radius 2 is 1.76 bits per heavy atom. The normalized spacial score (nSPS) is 24.0. The number of carbonyl (C=O) groups excluding carboxylic acids is 4. The van der Waals surface area contributed by atoms with Crippen LogP contribution in [-0.2, 0) is 33.6 Å². The number of amides is 4. The predicted molar refractivity (Wildman–Crippen MR) is 186 cm³/mol. The topological polar surface area (TPSA) is 192 Å². The van der Waals surface area contributed by atoms with E-state index in [9.17, 15) is 27.6 Å². The van der Waals surface area contributed by atoms with Crippen LogP contribution in [0.3, 0.4) is 0 Å². The third-order valence-electron chi connectivity index (χ3n) is 9.19. The first-order chi connectivity index (χ1) is 23.7. The fourth-order valence-corrected chi connectivity index (χ4v) is 7.32. The van der Waals surface area contributed by atoms with Crippen molar-refractivity contribution in [3.05, 3.63) is 30.5 Å². The largest absolute Gasteiger partial charge is 0.497 e. The van der Waals surface area contributed by atoms with E-state index in [1.165, 1.54) is 4.90 Å². The molecule has 2 aliphatic carbocycles. The minimum atomic E-state index is -4.39. The molecular formula is C35H49N5O10S. The van der Waals surface area contributed by atoms with Crippen LogP contribution in [0.25, 0.3) is 10.8 Å². The highest BCUT2D eigenvalue weighted by atomic mass is 32.2. The molecule has 2 aromatic rings. The van der Waals surface area contributed by atoms with E-state index in [0.717, 1.165) is 5.39 Å². The molecule has 280 valence electrons. The number of rotatable bonds is 12. The molecular weight excluding hydrogens is 682 g/mol. The summed E-state index contributed by atoms with van der Waals surface area (Å²) in [4.78, 5) is 60.8. The molecule has 0 radical (unpaired) electrons. The summed E-state index contributed by atoms with van der Waals surface area (Å²) in [5, 5.41) is 7.00. The lowest BCUT2D eigenvalue weighted by atomic mass is 9.85. The highest BCUT2D eigenvalue weighted by Crippen LogP contribution is 2.46. The average molecular weight is 732 g/mol. The molecule has 3 fully saturated rings. The summed E-state index contributed by atoms with van der Waals surface area (Å²) in [5.41, 5.74) is -3.16. The molecule has 2 saturated carbocycles. The molecule has 5 atom stereocenters. The Morgan fingerprint density at radius 1 is 1.06 bits per heavy atom. The van der Waals surface area contributed by atoms with Crippen molar-refractivity contribution in [1.29, 1.82) is 0 Å². The molecule has 0 spiro atoms. The molecule has 0 bridgehead atoms. The van der Waals surface area contributed by atoms with E-state index < -0.39 is 75.0 Å². The lowest BCUT2D eigenvalue weighted by molar-refractivity contribution is -0.143. The first kappa shape index (κ1) is 38.1. The van der Waals surface area contributed by atoms with Crippen LogP contribution in [0.4, 0.5) is 4.79 Å². The van der Waals surface area contributed by atoms with Crippen molar-refractivity contribution < 1.29 is 46.0 Å². The SMILES string of the molecule is CC[C@@H]1CC1(NC(=O)[C@@H]1C[C@@H](Oc2nccc3cc(OC)ccc23)CN1C(=O)[C@@H](NC(=O)OC(C)(C)C)C(C)(C)C)C(=O)NS(=O)(=O)OC1CC1. The van der Waals surface area contributed by atoms with E-state index in [2.05, 4.69) is 15.6 Å². The standard InChI is InChI=1S/C35H49N5O10S/c1-9-21-18-35(21,31(43)39-51(45,46)50-22-10-11-22)38-28(41)26-17-24(48-29-25-13-12-23(47-8)16-20(25)14-15-36-29)19-40(26)30(42)27(33(2,3)4)37-32(44)49-34(5,6)7/h12-16,21-22,24,26-27H,9-11,17-19H2,1-8H3,(H,37,44)(H,38,41)(H,39,43)/t21-,24-,26+,27-,35?/m1/s1. The molecule has 1 aromatic carbocycles. The highest BCUT2D eigenvalue weighted by molar-refractivity contribution is 7.85. The molecule has 1 aliphatic heterocycles. The lowest BCUT2D eigenvalue weighted by Gasteiger charge is -2.36. The summed E-state index contributed by atoms with van der Waals surface area (Å²) in [7, 11) is -2.83. The quantitative estimate of drug-likeness (QED) is 0.290. The molecule has 1 saturated heterocycles.